The second-order valence-corrected chi connectivity index (χ2v) is 6.06. The van der Waals surface area contributed by atoms with Crippen LogP contribution in [0.3, 0.4) is 0 Å². The highest BCUT2D eigenvalue weighted by atomic mass is 32.2. The van der Waals surface area contributed by atoms with E-state index in [0.717, 1.165) is 5.56 Å². The second kappa shape index (κ2) is 5.82. The normalized spacial score (nSPS) is 12.2. The second-order valence-electron chi connectivity index (χ2n) is 4.41. The molecule has 0 fully saturated rings. The van der Waals surface area contributed by atoms with Crippen molar-refractivity contribution in [2.75, 3.05) is 0 Å². The number of nitrogens with one attached hydrogen (secondary N) is 1. The van der Waals surface area contributed by atoms with Gasteiger partial charge in [-0.05, 0) is 25.5 Å². The van der Waals surface area contributed by atoms with E-state index < -0.39 is 34.9 Å². The maximum absolute atomic E-state index is 12.0. The molecule has 0 aliphatic heterocycles. The minimum atomic E-state index is -4.50. The molecule has 8 heteroatoms. The molecule has 0 unspecified atom stereocenters. The molecule has 0 aliphatic carbocycles. The first kappa shape index (κ1) is 16.5. The average molecular weight is 309 g/mol. The average Bonchev–Trinajstić information content (AvgIpc) is 2.24. The van der Waals surface area contributed by atoms with Gasteiger partial charge in [0.2, 0.25) is 5.91 Å². The molecule has 4 nitrogen and oxygen atoms in total. The molecule has 112 valence electrons. The van der Waals surface area contributed by atoms with E-state index in [2.05, 4.69) is 0 Å². The molecule has 0 spiro atoms. The van der Waals surface area contributed by atoms with E-state index in [1.165, 1.54) is 6.07 Å². The van der Waals surface area contributed by atoms with Gasteiger partial charge in [-0.2, -0.15) is 13.2 Å². The van der Waals surface area contributed by atoms with Crippen LogP contribution in [0.4, 0.5) is 13.2 Å². The van der Waals surface area contributed by atoms with Crippen LogP contribution in [0.15, 0.2) is 23.1 Å². The zero-order valence-electron chi connectivity index (χ0n) is 10.9. The monoisotopic (exact) mass is 309 g/mol. The predicted molar refractivity (Wildman–Crippen MR) is 66.5 cm³/mol. The molecule has 1 amide bonds. The van der Waals surface area contributed by atoms with Gasteiger partial charge in [0.25, 0.3) is 10.0 Å². The third-order valence-electron chi connectivity index (χ3n) is 2.50. The Morgan fingerprint density at radius 3 is 2.35 bits per heavy atom. The summed E-state index contributed by atoms with van der Waals surface area (Å²) in [4.78, 5) is 11.1. The van der Waals surface area contributed by atoms with Crippen molar-refractivity contribution in [3.63, 3.8) is 0 Å². The maximum Gasteiger partial charge on any atom is 0.389 e. The largest absolute Gasteiger partial charge is 0.389 e. The molecular weight excluding hydrogens is 295 g/mol. The smallest absolute Gasteiger partial charge is 0.274 e. The van der Waals surface area contributed by atoms with Crippen molar-refractivity contribution in [2.45, 2.75) is 37.8 Å². The van der Waals surface area contributed by atoms with Gasteiger partial charge in [-0.1, -0.05) is 17.7 Å². The number of hydrogen-bond acceptors (Lipinski definition) is 3. The first-order chi connectivity index (χ1) is 9.01. The molecule has 0 aliphatic rings. The molecule has 0 atom stereocenters. The standard InChI is InChI=1S/C12H14F3NO3S/c1-8-3-4-10(9(2)7-8)20(18,19)16-11(17)5-6-12(13,14)15/h3-4,7H,5-6H2,1-2H3,(H,16,17). The first-order valence-electron chi connectivity index (χ1n) is 5.71. The highest BCUT2D eigenvalue weighted by Gasteiger charge is 2.29. The Morgan fingerprint density at radius 1 is 1.25 bits per heavy atom. The molecule has 1 rings (SSSR count). The van der Waals surface area contributed by atoms with Crippen LogP contribution in [-0.4, -0.2) is 20.5 Å². The number of benzene rings is 1. The van der Waals surface area contributed by atoms with E-state index in [1.54, 1.807) is 30.7 Å². The Hall–Kier alpha value is -1.57. The molecule has 0 saturated carbocycles. The summed E-state index contributed by atoms with van der Waals surface area (Å²) in [6, 6.07) is 4.46. The number of carbonyl (C=O) groups excluding carboxylic acids is 1. The number of rotatable bonds is 4. The van der Waals surface area contributed by atoms with E-state index in [0.29, 0.717) is 5.56 Å². The fraction of sp³-hybridized carbons (Fsp3) is 0.417. The Kier molecular flexibility index (Phi) is 4.80. The van der Waals surface area contributed by atoms with Crippen molar-refractivity contribution in [2.24, 2.45) is 0 Å². The van der Waals surface area contributed by atoms with Crippen LogP contribution in [0.25, 0.3) is 0 Å². The minimum absolute atomic E-state index is 0.122. The van der Waals surface area contributed by atoms with Gasteiger partial charge in [0.05, 0.1) is 11.3 Å². The van der Waals surface area contributed by atoms with E-state index in [9.17, 15) is 26.4 Å². The summed E-state index contributed by atoms with van der Waals surface area (Å²) < 4.78 is 61.3. The quantitative estimate of drug-likeness (QED) is 0.929. The van der Waals surface area contributed by atoms with E-state index in [1.807, 2.05) is 0 Å². The van der Waals surface area contributed by atoms with Crippen molar-refractivity contribution in [1.82, 2.24) is 4.72 Å². The predicted octanol–water partition coefficient (Wildman–Crippen LogP) is 2.45. The molecule has 1 N–H and O–H groups in total. The van der Waals surface area contributed by atoms with Gasteiger partial charge in [0.15, 0.2) is 0 Å². The molecular formula is C12H14F3NO3S. The van der Waals surface area contributed by atoms with E-state index >= 15 is 0 Å². The number of sulfonamides is 1. The lowest BCUT2D eigenvalue weighted by Crippen LogP contribution is -2.31. The lowest BCUT2D eigenvalue weighted by molar-refractivity contribution is -0.143. The molecule has 0 saturated heterocycles. The van der Waals surface area contributed by atoms with Crippen LogP contribution < -0.4 is 4.72 Å². The topological polar surface area (TPSA) is 63.2 Å². The van der Waals surface area contributed by atoms with Gasteiger partial charge in [-0.3, -0.25) is 4.79 Å². The molecule has 0 bridgehead atoms. The Labute approximate surface area is 115 Å². The number of hydrogen-bond donors (Lipinski definition) is 1. The van der Waals surface area contributed by atoms with E-state index in [4.69, 9.17) is 0 Å². The zero-order chi connectivity index (χ0) is 15.6. The van der Waals surface area contributed by atoms with Crippen molar-refractivity contribution < 1.29 is 26.4 Å². The molecule has 1 aromatic rings. The van der Waals surface area contributed by atoms with Gasteiger partial charge in [-0.25, -0.2) is 13.1 Å². The number of carbonyl (C=O) groups is 1. The summed E-state index contributed by atoms with van der Waals surface area (Å²) in [6.07, 6.45) is -6.78. The SMILES string of the molecule is Cc1ccc(S(=O)(=O)NC(=O)CCC(F)(F)F)c(C)c1. The van der Waals surface area contributed by atoms with Crippen molar-refractivity contribution >= 4 is 15.9 Å². The minimum Gasteiger partial charge on any atom is -0.274 e. The first-order valence-corrected chi connectivity index (χ1v) is 7.19. The molecule has 20 heavy (non-hydrogen) atoms. The van der Waals surface area contributed by atoms with Crippen LogP contribution in [-0.2, 0) is 14.8 Å². The highest BCUT2D eigenvalue weighted by Crippen LogP contribution is 2.21. The number of amides is 1. The highest BCUT2D eigenvalue weighted by molar-refractivity contribution is 7.90. The lowest BCUT2D eigenvalue weighted by atomic mass is 10.2. The summed E-state index contributed by atoms with van der Waals surface area (Å²) in [6.45, 7) is 3.31. The Balaban J connectivity index is 2.82. The van der Waals surface area contributed by atoms with Crippen LogP contribution >= 0.6 is 0 Å². The Bertz CT molecular complexity index is 609. The number of alkyl halides is 3. The van der Waals surface area contributed by atoms with Crippen molar-refractivity contribution in [3.05, 3.63) is 29.3 Å². The van der Waals surface area contributed by atoms with Crippen LogP contribution in [0.1, 0.15) is 24.0 Å². The van der Waals surface area contributed by atoms with Crippen molar-refractivity contribution in [3.8, 4) is 0 Å². The third-order valence-corrected chi connectivity index (χ3v) is 4.04. The lowest BCUT2D eigenvalue weighted by Gasteiger charge is -2.10. The van der Waals surface area contributed by atoms with Gasteiger partial charge < -0.3 is 0 Å². The molecule has 0 aromatic heterocycles. The van der Waals surface area contributed by atoms with E-state index in [-0.39, 0.29) is 4.90 Å². The summed E-state index contributed by atoms with van der Waals surface area (Å²) in [5, 5.41) is 0. The molecule has 0 radical (unpaired) electrons. The van der Waals surface area contributed by atoms with Gasteiger partial charge in [0, 0.05) is 6.42 Å². The summed E-state index contributed by atoms with van der Waals surface area (Å²) in [5.74, 6) is -1.18. The number of aryl methyl sites for hydroxylation is 2. The van der Waals surface area contributed by atoms with Crippen molar-refractivity contribution in [1.29, 1.82) is 0 Å². The maximum atomic E-state index is 12.0. The fourth-order valence-corrected chi connectivity index (χ4v) is 2.85. The summed E-state index contributed by atoms with van der Waals surface area (Å²) in [7, 11) is -4.14. The molecule has 0 heterocycles. The van der Waals surface area contributed by atoms with Crippen LogP contribution in [0.2, 0.25) is 0 Å². The van der Waals surface area contributed by atoms with Crippen LogP contribution in [0, 0.1) is 13.8 Å². The van der Waals surface area contributed by atoms with Crippen LogP contribution in [0.5, 0.6) is 0 Å². The summed E-state index contributed by atoms with van der Waals surface area (Å²) in [5.41, 5.74) is 1.26. The molecule has 1 aromatic carbocycles. The zero-order valence-corrected chi connectivity index (χ0v) is 11.7. The third kappa shape index (κ3) is 4.84. The summed E-state index contributed by atoms with van der Waals surface area (Å²) >= 11 is 0. The fourth-order valence-electron chi connectivity index (χ4n) is 1.61. The van der Waals surface area contributed by atoms with Gasteiger partial charge in [-0.15, -0.1) is 0 Å². The van der Waals surface area contributed by atoms with Gasteiger partial charge >= 0.3 is 6.18 Å². The number of halogens is 3. The van der Waals surface area contributed by atoms with Gasteiger partial charge in [0.1, 0.15) is 0 Å². The Morgan fingerprint density at radius 2 is 1.85 bits per heavy atom.